The van der Waals surface area contributed by atoms with Gasteiger partial charge in [-0.15, -0.1) is 0 Å². The van der Waals surface area contributed by atoms with E-state index in [0.29, 0.717) is 16.8 Å². The third-order valence-electron chi connectivity index (χ3n) is 6.32. The number of rotatable bonds is 2. The number of hydrogen-bond donors (Lipinski definition) is 0. The number of pyridine rings is 1. The molecule has 8 nitrogen and oxygen atoms in total. The van der Waals surface area contributed by atoms with E-state index in [-0.39, 0.29) is 36.1 Å². The van der Waals surface area contributed by atoms with Crippen LogP contribution >= 0.6 is 0 Å². The van der Waals surface area contributed by atoms with Crippen molar-refractivity contribution >= 4 is 22.6 Å². The largest absolute Gasteiger partial charge is 0.444 e. The summed E-state index contributed by atoms with van der Waals surface area (Å²) < 4.78 is 52.9. The Hall–Kier alpha value is -3.89. The van der Waals surface area contributed by atoms with Crippen LogP contribution in [0.4, 0.5) is 18.0 Å². The first-order chi connectivity index (χ1) is 17.4. The van der Waals surface area contributed by atoms with Crippen LogP contribution in [0.2, 0.25) is 0 Å². The monoisotopic (exact) mass is 513 g/mol. The Balaban J connectivity index is 1.46. The lowest BCUT2D eigenvalue weighted by molar-refractivity contribution is 0.00645. The highest BCUT2D eigenvalue weighted by atomic mass is 19.1. The number of imidazole rings is 1. The summed E-state index contributed by atoms with van der Waals surface area (Å²) in [7, 11) is 0. The van der Waals surface area contributed by atoms with E-state index in [4.69, 9.17) is 4.74 Å². The molecule has 11 heteroatoms. The first-order valence-electron chi connectivity index (χ1n) is 11.9. The van der Waals surface area contributed by atoms with E-state index in [1.165, 1.54) is 27.8 Å². The van der Waals surface area contributed by atoms with E-state index < -0.39 is 41.1 Å². The van der Waals surface area contributed by atoms with Crippen molar-refractivity contribution in [1.29, 1.82) is 0 Å². The number of aryl methyl sites for hydroxylation is 1. The SMILES string of the molecule is Cc1cn2cc(-c3cc(F)c4c(=O)n([C@H]5CCN(C(=O)OC(C)(C)C)C[C@@H]5F)cnc4c3)cc(F)c2n1. The molecule has 37 heavy (non-hydrogen) atoms. The van der Waals surface area contributed by atoms with Crippen molar-refractivity contribution in [3.8, 4) is 11.1 Å². The predicted molar refractivity (Wildman–Crippen MR) is 131 cm³/mol. The van der Waals surface area contributed by atoms with Gasteiger partial charge in [0, 0.05) is 24.5 Å². The fourth-order valence-corrected chi connectivity index (χ4v) is 4.65. The Morgan fingerprint density at radius 1 is 1.11 bits per heavy atom. The second-order valence-corrected chi connectivity index (χ2v) is 10.3. The maximum atomic E-state index is 15.3. The van der Waals surface area contributed by atoms with Crippen molar-refractivity contribution in [3.63, 3.8) is 0 Å². The van der Waals surface area contributed by atoms with E-state index in [0.717, 1.165) is 10.6 Å². The Labute approximate surface area is 210 Å². The molecule has 4 heterocycles. The highest BCUT2D eigenvalue weighted by Crippen LogP contribution is 2.29. The van der Waals surface area contributed by atoms with Crippen molar-refractivity contribution < 1.29 is 22.7 Å². The Morgan fingerprint density at radius 3 is 2.54 bits per heavy atom. The third kappa shape index (κ3) is 4.65. The van der Waals surface area contributed by atoms with E-state index in [1.807, 2.05) is 0 Å². The maximum Gasteiger partial charge on any atom is 0.410 e. The highest BCUT2D eigenvalue weighted by Gasteiger charge is 2.35. The second kappa shape index (κ2) is 8.89. The number of carbonyl (C=O) groups is 1. The lowest BCUT2D eigenvalue weighted by atomic mass is 10.0. The van der Waals surface area contributed by atoms with Gasteiger partial charge in [-0.25, -0.2) is 27.9 Å². The van der Waals surface area contributed by atoms with Gasteiger partial charge in [-0.3, -0.25) is 9.36 Å². The standard InChI is InChI=1S/C26H26F3N5O3/c1-14-10-33-11-16(8-18(28)23(33)31-14)15-7-17(27)22-20(9-15)30-13-34(24(22)35)21-5-6-32(12-19(21)29)25(36)37-26(2,3)4/h7-11,13,19,21H,5-6,12H2,1-4H3/t19-,21-/m0/s1. The van der Waals surface area contributed by atoms with Crippen LogP contribution in [-0.4, -0.2) is 54.8 Å². The summed E-state index contributed by atoms with van der Waals surface area (Å²) in [6, 6.07) is 2.96. The van der Waals surface area contributed by atoms with Crippen molar-refractivity contribution in [2.75, 3.05) is 13.1 Å². The topological polar surface area (TPSA) is 81.7 Å². The van der Waals surface area contributed by atoms with E-state index >= 15 is 8.78 Å². The van der Waals surface area contributed by atoms with Crippen molar-refractivity contribution in [2.45, 2.75) is 51.9 Å². The van der Waals surface area contributed by atoms with Gasteiger partial charge in [0.15, 0.2) is 11.5 Å². The summed E-state index contributed by atoms with van der Waals surface area (Å²) in [6.45, 7) is 6.82. The molecule has 0 unspecified atom stereocenters. The molecule has 0 aliphatic carbocycles. The number of halogens is 3. The molecule has 4 aromatic rings. The van der Waals surface area contributed by atoms with Gasteiger partial charge in [0.2, 0.25) is 0 Å². The van der Waals surface area contributed by atoms with Crippen LogP contribution in [0, 0.1) is 18.6 Å². The summed E-state index contributed by atoms with van der Waals surface area (Å²) in [5, 5.41) is -0.284. The fraction of sp³-hybridized carbons (Fsp3) is 0.385. The van der Waals surface area contributed by atoms with Gasteiger partial charge < -0.3 is 14.0 Å². The van der Waals surface area contributed by atoms with Gasteiger partial charge in [0.05, 0.1) is 30.1 Å². The number of fused-ring (bicyclic) bond motifs is 2. The van der Waals surface area contributed by atoms with Gasteiger partial charge in [-0.2, -0.15) is 0 Å². The number of piperidine rings is 1. The average molecular weight is 514 g/mol. The molecule has 0 radical (unpaired) electrons. The quantitative estimate of drug-likeness (QED) is 0.384. The minimum absolute atomic E-state index is 0.0696. The lowest BCUT2D eigenvalue weighted by Gasteiger charge is -2.36. The van der Waals surface area contributed by atoms with Crippen LogP contribution in [0.15, 0.2) is 41.7 Å². The van der Waals surface area contributed by atoms with Crippen molar-refractivity contribution in [3.05, 3.63) is 64.6 Å². The maximum absolute atomic E-state index is 15.3. The van der Waals surface area contributed by atoms with E-state index in [1.54, 1.807) is 40.1 Å². The smallest absolute Gasteiger partial charge is 0.410 e. The number of carbonyl (C=O) groups excluding carboxylic acids is 1. The summed E-state index contributed by atoms with van der Waals surface area (Å²) in [4.78, 5) is 35.1. The normalized spacial score (nSPS) is 18.5. The molecule has 2 atom stereocenters. The molecule has 1 aromatic carbocycles. The van der Waals surface area contributed by atoms with Crippen molar-refractivity contribution in [1.82, 2.24) is 23.8 Å². The molecule has 0 saturated carbocycles. The molecule has 1 fully saturated rings. The first kappa shape index (κ1) is 24.8. The number of aromatic nitrogens is 4. The number of amides is 1. The molecule has 194 valence electrons. The van der Waals surface area contributed by atoms with E-state index in [2.05, 4.69) is 9.97 Å². The van der Waals surface area contributed by atoms with Crippen LogP contribution in [0.3, 0.4) is 0 Å². The molecule has 0 bridgehead atoms. The number of alkyl halides is 1. The Kier molecular flexibility index (Phi) is 5.96. The van der Waals surface area contributed by atoms with Crippen molar-refractivity contribution in [2.24, 2.45) is 0 Å². The van der Waals surface area contributed by atoms with Crippen LogP contribution < -0.4 is 5.56 Å². The van der Waals surface area contributed by atoms with E-state index in [9.17, 15) is 14.0 Å². The zero-order valence-corrected chi connectivity index (χ0v) is 20.8. The van der Waals surface area contributed by atoms with Crippen LogP contribution in [-0.2, 0) is 4.74 Å². The van der Waals surface area contributed by atoms with Gasteiger partial charge in [0.25, 0.3) is 5.56 Å². The molecule has 0 N–H and O–H groups in total. The fourth-order valence-electron chi connectivity index (χ4n) is 4.65. The highest BCUT2D eigenvalue weighted by molar-refractivity contribution is 5.84. The summed E-state index contributed by atoms with van der Waals surface area (Å²) in [5.41, 5.74) is 0.126. The summed E-state index contributed by atoms with van der Waals surface area (Å²) in [6.07, 6.45) is 2.39. The molecule has 1 saturated heterocycles. The lowest BCUT2D eigenvalue weighted by Crippen LogP contribution is -2.48. The molecule has 5 rings (SSSR count). The molecule has 1 aliphatic heterocycles. The van der Waals surface area contributed by atoms with Crippen LogP contribution in [0.5, 0.6) is 0 Å². The number of hydrogen-bond acceptors (Lipinski definition) is 5. The molecular weight excluding hydrogens is 487 g/mol. The summed E-state index contributed by atoms with van der Waals surface area (Å²) in [5.74, 6) is -1.41. The van der Waals surface area contributed by atoms with Gasteiger partial charge in [-0.1, -0.05) is 0 Å². The van der Waals surface area contributed by atoms with Gasteiger partial charge in [-0.05, 0) is 57.9 Å². The van der Waals surface area contributed by atoms with Gasteiger partial charge >= 0.3 is 6.09 Å². The minimum atomic E-state index is -1.58. The van der Waals surface area contributed by atoms with Crippen LogP contribution in [0.1, 0.15) is 38.9 Å². The summed E-state index contributed by atoms with van der Waals surface area (Å²) >= 11 is 0. The average Bonchev–Trinajstić information content (AvgIpc) is 3.19. The Bertz CT molecular complexity index is 1590. The third-order valence-corrected chi connectivity index (χ3v) is 6.32. The molecule has 1 amide bonds. The predicted octanol–water partition coefficient (Wildman–Crippen LogP) is 4.82. The second-order valence-electron chi connectivity index (χ2n) is 10.3. The number of likely N-dealkylation sites (tertiary alicyclic amines) is 1. The minimum Gasteiger partial charge on any atom is -0.444 e. The molecular formula is C26H26F3N5O3. The number of ether oxygens (including phenoxy) is 1. The molecule has 3 aromatic heterocycles. The molecule has 0 spiro atoms. The zero-order chi connectivity index (χ0) is 26.6. The van der Waals surface area contributed by atoms with Gasteiger partial charge in [0.1, 0.15) is 23.0 Å². The first-order valence-corrected chi connectivity index (χ1v) is 11.9. The van der Waals surface area contributed by atoms with Crippen LogP contribution in [0.25, 0.3) is 27.7 Å². The number of benzene rings is 1. The zero-order valence-electron chi connectivity index (χ0n) is 20.8. The Morgan fingerprint density at radius 2 is 1.84 bits per heavy atom. The number of nitrogens with zero attached hydrogens (tertiary/aromatic N) is 5. The molecule has 1 aliphatic rings.